The minimum absolute atomic E-state index is 0.239. The highest BCUT2D eigenvalue weighted by atomic mass is 16.3. The van der Waals surface area contributed by atoms with Crippen molar-refractivity contribution in [3.05, 3.63) is 65.9 Å². The molecule has 0 bridgehead atoms. The van der Waals surface area contributed by atoms with Gasteiger partial charge in [-0.2, -0.15) is 0 Å². The van der Waals surface area contributed by atoms with E-state index < -0.39 is 0 Å². The number of nitrogens with one attached hydrogen (secondary N) is 1. The first-order valence-corrected chi connectivity index (χ1v) is 6.11. The number of benzene rings is 2. The van der Waals surface area contributed by atoms with E-state index in [-0.39, 0.29) is 11.7 Å². The van der Waals surface area contributed by atoms with Crippen LogP contribution < -0.4 is 5.32 Å². The van der Waals surface area contributed by atoms with Crippen molar-refractivity contribution in [3.63, 3.8) is 0 Å². The predicted molar refractivity (Wildman–Crippen MR) is 76.0 cm³/mol. The van der Waals surface area contributed by atoms with E-state index in [1.165, 1.54) is 0 Å². The van der Waals surface area contributed by atoms with Gasteiger partial charge in [0.2, 0.25) is 0 Å². The van der Waals surface area contributed by atoms with Gasteiger partial charge in [0.05, 0.1) is 0 Å². The first kappa shape index (κ1) is 12.2. The maximum atomic E-state index is 12.1. The molecule has 0 unspecified atom stereocenters. The fraction of sp³-hybridized carbons (Fsp3) is 0. The molecule has 0 atom stereocenters. The number of anilines is 1. The molecule has 4 heteroatoms. The maximum Gasteiger partial charge on any atom is 0.291 e. The zero-order chi connectivity index (χ0) is 13.9. The van der Waals surface area contributed by atoms with Gasteiger partial charge in [-0.1, -0.05) is 30.3 Å². The van der Waals surface area contributed by atoms with E-state index in [2.05, 4.69) is 5.32 Å². The fourth-order valence-electron chi connectivity index (χ4n) is 1.98. The molecule has 1 amide bonds. The summed E-state index contributed by atoms with van der Waals surface area (Å²) in [6.45, 7) is 0. The second-order valence-corrected chi connectivity index (χ2v) is 4.35. The number of carbonyl (C=O) groups is 2. The third-order valence-electron chi connectivity index (χ3n) is 2.93. The van der Waals surface area contributed by atoms with Gasteiger partial charge in [-0.25, -0.2) is 0 Å². The standard InChI is InChI=1S/C16H11NO3/c18-10-11-4-3-6-13(8-11)17-16(19)15-9-12-5-1-2-7-14(12)20-15/h1-10H,(H,17,19). The van der Waals surface area contributed by atoms with E-state index in [1.54, 1.807) is 36.4 Å². The van der Waals surface area contributed by atoms with Crippen molar-refractivity contribution in [2.45, 2.75) is 0 Å². The molecule has 0 fully saturated rings. The van der Waals surface area contributed by atoms with Crippen molar-refractivity contribution in [1.29, 1.82) is 0 Å². The lowest BCUT2D eigenvalue weighted by atomic mass is 10.2. The predicted octanol–water partition coefficient (Wildman–Crippen LogP) is 3.50. The SMILES string of the molecule is O=Cc1cccc(NC(=O)c2cc3ccccc3o2)c1. The summed E-state index contributed by atoms with van der Waals surface area (Å²) < 4.78 is 5.48. The highest BCUT2D eigenvalue weighted by Crippen LogP contribution is 2.20. The van der Waals surface area contributed by atoms with Crippen molar-refractivity contribution in [3.8, 4) is 0 Å². The molecule has 2 aromatic carbocycles. The molecule has 1 aromatic heterocycles. The Morgan fingerprint density at radius 1 is 1.05 bits per heavy atom. The van der Waals surface area contributed by atoms with Gasteiger partial charge in [-0.05, 0) is 24.3 Å². The van der Waals surface area contributed by atoms with Crippen LogP contribution in [0.4, 0.5) is 5.69 Å². The smallest absolute Gasteiger partial charge is 0.291 e. The molecule has 0 radical (unpaired) electrons. The monoisotopic (exact) mass is 265 g/mol. The van der Waals surface area contributed by atoms with Crippen LogP contribution in [0.2, 0.25) is 0 Å². The van der Waals surface area contributed by atoms with Crippen LogP contribution in [0.1, 0.15) is 20.9 Å². The fourth-order valence-corrected chi connectivity index (χ4v) is 1.98. The molecule has 0 spiro atoms. The summed E-state index contributed by atoms with van der Waals surface area (Å²) in [6, 6.07) is 15.8. The van der Waals surface area contributed by atoms with Crippen molar-refractivity contribution in [2.75, 3.05) is 5.32 Å². The second-order valence-electron chi connectivity index (χ2n) is 4.35. The van der Waals surface area contributed by atoms with Crippen LogP contribution in [-0.2, 0) is 0 Å². The number of fused-ring (bicyclic) bond motifs is 1. The summed E-state index contributed by atoms with van der Waals surface area (Å²) in [7, 11) is 0. The van der Waals surface area contributed by atoms with Crippen molar-refractivity contribution < 1.29 is 14.0 Å². The average Bonchev–Trinajstić information content (AvgIpc) is 2.91. The normalized spacial score (nSPS) is 10.4. The Bertz CT molecular complexity index is 756. The Morgan fingerprint density at radius 3 is 2.70 bits per heavy atom. The van der Waals surface area contributed by atoms with Crippen molar-refractivity contribution >= 4 is 28.8 Å². The lowest BCUT2D eigenvalue weighted by molar-refractivity contribution is 0.0998. The molecule has 0 saturated carbocycles. The summed E-state index contributed by atoms with van der Waals surface area (Å²) in [5.41, 5.74) is 1.73. The first-order valence-electron chi connectivity index (χ1n) is 6.11. The largest absolute Gasteiger partial charge is 0.451 e. The molecule has 98 valence electrons. The van der Waals surface area contributed by atoms with Gasteiger partial charge in [0, 0.05) is 16.6 Å². The number of hydrogen-bond acceptors (Lipinski definition) is 3. The van der Waals surface area contributed by atoms with Gasteiger partial charge in [-0.3, -0.25) is 9.59 Å². The molecule has 3 rings (SSSR count). The Labute approximate surface area is 115 Å². The van der Waals surface area contributed by atoms with E-state index in [4.69, 9.17) is 4.42 Å². The molecule has 0 aliphatic heterocycles. The Hall–Kier alpha value is -2.88. The topological polar surface area (TPSA) is 59.3 Å². The maximum absolute atomic E-state index is 12.1. The molecule has 3 aromatic rings. The minimum atomic E-state index is -0.343. The van der Waals surface area contributed by atoms with Gasteiger partial charge in [-0.15, -0.1) is 0 Å². The van der Waals surface area contributed by atoms with Crippen LogP contribution >= 0.6 is 0 Å². The van der Waals surface area contributed by atoms with E-state index >= 15 is 0 Å². The number of aldehydes is 1. The number of hydrogen-bond donors (Lipinski definition) is 1. The van der Waals surface area contributed by atoms with Crippen LogP contribution in [0.5, 0.6) is 0 Å². The summed E-state index contributed by atoms with van der Waals surface area (Å²) in [5, 5.41) is 3.58. The van der Waals surface area contributed by atoms with Crippen molar-refractivity contribution in [2.24, 2.45) is 0 Å². The second kappa shape index (κ2) is 5.01. The Kier molecular flexibility index (Phi) is 3.05. The average molecular weight is 265 g/mol. The molecular formula is C16H11NO3. The number of amides is 1. The quantitative estimate of drug-likeness (QED) is 0.737. The molecule has 0 aliphatic rings. The molecular weight excluding hydrogens is 254 g/mol. The minimum Gasteiger partial charge on any atom is -0.451 e. The molecule has 0 saturated heterocycles. The highest BCUT2D eigenvalue weighted by Gasteiger charge is 2.12. The molecule has 20 heavy (non-hydrogen) atoms. The summed E-state index contributed by atoms with van der Waals surface area (Å²) in [4.78, 5) is 22.8. The van der Waals surface area contributed by atoms with Gasteiger partial charge < -0.3 is 9.73 Å². The number of carbonyl (C=O) groups excluding carboxylic acids is 2. The third kappa shape index (κ3) is 2.31. The van der Waals surface area contributed by atoms with E-state index in [1.807, 2.05) is 18.2 Å². The van der Waals surface area contributed by atoms with E-state index in [0.717, 1.165) is 11.7 Å². The van der Waals surface area contributed by atoms with Crippen LogP contribution in [0, 0.1) is 0 Å². The van der Waals surface area contributed by atoms with Crippen LogP contribution in [0.15, 0.2) is 59.0 Å². The van der Waals surface area contributed by atoms with Gasteiger partial charge in [0.25, 0.3) is 5.91 Å². The lowest BCUT2D eigenvalue weighted by Gasteiger charge is -2.03. The van der Waals surface area contributed by atoms with Gasteiger partial charge >= 0.3 is 0 Å². The van der Waals surface area contributed by atoms with Gasteiger partial charge in [0.15, 0.2) is 5.76 Å². The van der Waals surface area contributed by atoms with Crippen molar-refractivity contribution in [1.82, 2.24) is 0 Å². The Morgan fingerprint density at radius 2 is 1.90 bits per heavy atom. The van der Waals surface area contributed by atoms with E-state index in [0.29, 0.717) is 16.8 Å². The van der Waals surface area contributed by atoms with Crippen LogP contribution in [0.25, 0.3) is 11.0 Å². The van der Waals surface area contributed by atoms with Crippen LogP contribution in [0.3, 0.4) is 0 Å². The summed E-state index contributed by atoms with van der Waals surface area (Å²) >= 11 is 0. The first-order chi connectivity index (χ1) is 9.76. The number of para-hydroxylation sites is 1. The third-order valence-corrected chi connectivity index (χ3v) is 2.93. The molecule has 4 nitrogen and oxygen atoms in total. The molecule has 0 aliphatic carbocycles. The lowest BCUT2D eigenvalue weighted by Crippen LogP contribution is -2.10. The molecule has 1 heterocycles. The highest BCUT2D eigenvalue weighted by molar-refractivity contribution is 6.04. The number of rotatable bonds is 3. The van der Waals surface area contributed by atoms with Crippen LogP contribution in [-0.4, -0.2) is 12.2 Å². The summed E-state index contributed by atoms with van der Waals surface area (Å²) in [5.74, 6) is -0.105. The number of furan rings is 1. The van der Waals surface area contributed by atoms with Gasteiger partial charge in [0.1, 0.15) is 11.9 Å². The zero-order valence-corrected chi connectivity index (χ0v) is 10.5. The summed E-state index contributed by atoms with van der Waals surface area (Å²) in [6.07, 6.45) is 0.733. The van der Waals surface area contributed by atoms with E-state index in [9.17, 15) is 9.59 Å². The molecule has 1 N–H and O–H groups in total. The zero-order valence-electron chi connectivity index (χ0n) is 10.5. The Balaban J connectivity index is 1.86.